The van der Waals surface area contributed by atoms with Crippen LogP contribution in [0.2, 0.25) is 0 Å². The zero-order valence-electron chi connectivity index (χ0n) is 12.8. The van der Waals surface area contributed by atoms with Gasteiger partial charge in [0.25, 0.3) is 5.91 Å². The van der Waals surface area contributed by atoms with Gasteiger partial charge in [-0.1, -0.05) is 0 Å². The second kappa shape index (κ2) is 7.20. The monoisotopic (exact) mass is 299 g/mol. The van der Waals surface area contributed by atoms with E-state index in [2.05, 4.69) is 0 Å². The molecule has 3 atom stereocenters. The van der Waals surface area contributed by atoms with Crippen molar-refractivity contribution in [3.8, 4) is 0 Å². The molecular formula is C14H25N3O4. The SMILES string of the molecule is C[C@@H]1CC[C@H](C(=O)N2CCO[C@H](CN(C)CC(N)=O)C2)O1. The Morgan fingerprint density at radius 3 is 2.76 bits per heavy atom. The van der Waals surface area contributed by atoms with Crippen molar-refractivity contribution in [2.24, 2.45) is 5.73 Å². The highest BCUT2D eigenvalue weighted by Gasteiger charge is 2.34. The van der Waals surface area contributed by atoms with Gasteiger partial charge in [0, 0.05) is 19.6 Å². The zero-order chi connectivity index (χ0) is 15.4. The zero-order valence-corrected chi connectivity index (χ0v) is 12.8. The summed E-state index contributed by atoms with van der Waals surface area (Å²) in [5, 5.41) is 0. The Labute approximate surface area is 125 Å². The molecule has 120 valence electrons. The first-order chi connectivity index (χ1) is 9.95. The van der Waals surface area contributed by atoms with E-state index in [0.717, 1.165) is 12.8 Å². The number of hydrogen-bond acceptors (Lipinski definition) is 5. The number of primary amides is 1. The lowest BCUT2D eigenvalue weighted by molar-refractivity contribution is -0.150. The summed E-state index contributed by atoms with van der Waals surface area (Å²) in [6, 6.07) is 0. The minimum absolute atomic E-state index is 0.0604. The van der Waals surface area contributed by atoms with Gasteiger partial charge in [0.05, 0.1) is 25.4 Å². The molecule has 0 aromatic heterocycles. The highest BCUT2D eigenvalue weighted by molar-refractivity contribution is 5.81. The molecule has 21 heavy (non-hydrogen) atoms. The molecular weight excluding hydrogens is 274 g/mol. The Hall–Kier alpha value is -1.18. The molecule has 0 unspecified atom stereocenters. The van der Waals surface area contributed by atoms with Crippen LogP contribution in [0, 0.1) is 0 Å². The summed E-state index contributed by atoms with van der Waals surface area (Å²) in [7, 11) is 1.82. The van der Waals surface area contributed by atoms with Crippen molar-refractivity contribution in [1.82, 2.24) is 9.80 Å². The van der Waals surface area contributed by atoms with Crippen LogP contribution in [0.3, 0.4) is 0 Å². The number of rotatable bonds is 5. The second-order valence-electron chi connectivity index (χ2n) is 5.95. The van der Waals surface area contributed by atoms with Gasteiger partial charge >= 0.3 is 0 Å². The van der Waals surface area contributed by atoms with Crippen LogP contribution in [0.5, 0.6) is 0 Å². The van der Waals surface area contributed by atoms with Crippen molar-refractivity contribution >= 4 is 11.8 Å². The molecule has 2 heterocycles. The first-order valence-electron chi connectivity index (χ1n) is 7.48. The second-order valence-corrected chi connectivity index (χ2v) is 5.95. The molecule has 2 aliphatic rings. The number of nitrogens with zero attached hydrogens (tertiary/aromatic N) is 2. The Bertz CT molecular complexity index is 390. The van der Waals surface area contributed by atoms with E-state index in [9.17, 15) is 9.59 Å². The summed E-state index contributed by atoms with van der Waals surface area (Å²) < 4.78 is 11.3. The minimum atomic E-state index is -0.366. The van der Waals surface area contributed by atoms with E-state index in [1.807, 2.05) is 23.8 Å². The van der Waals surface area contributed by atoms with Gasteiger partial charge in [-0.05, 0) is 26.8 Å². The minimum Gasteiger partial charge on any atom is -0.373 e. The fourth-order valence-electron chi connectivity index (χ4n) is 2.90. The van der Waals surface area contributed by atoms with Crippen LogP contribution < -0.4 is 5.73 Å². The molecule has 2 amide bonds. The fraction of sp³-hybridized carbons (Fsp3) is 0.857. The van der Waals surface area contributed by atoms with Gasteiger partial charge in [-0.15, -0.1) is 0 Å². The van der Waals surface area contributed by atoms with Crippen LogP contribution in [-0.2, 0) is 19.1 Å². The molecule has 0 aromatic rings. The van der Waals surface area contributed by atoms with E-state index in [1.54, 1.807) is 0 Å². The van der Waals surface area contributed by atoms with E-state index in [4.69, 9.17) is 15.2 Å². The smallest absolute Gasteiger partial charge is 0.251 e. The summed E-state index contributed by atoms with van der Waals surface area (Å²) in [5.74, 6) is -0.306. The Balaban J connectivity index is 1.82. The molecule has 0 spiro atoms. The predicted molar refractivity (Wildman–Crippen MR) is 76.6 cm³/mol. The fourth-order valence-corrected chi connectivity index (χ4v) is 2.90. The van der Waals surface area contributed by atoms with Gasteiger partial charge in [0.2, 0.25) is 5.91 Å². The number of hydrogen-bond donors (Lipinski definition) is 1. The standard InChI is InChI=1S/C14H25N3O4/c1-10-3-4-12(21-10)14(19)17-5-6-20-11(8-17)7-16(2)9-13(15)18/h10-12H,3-9H2,1-2H3,(H2,15,18)/t10-,11-,12-/m1/s1. The molecule has 0 saturated carbocycles. The Kier molecular flexibility index (Phi) is 5.55. The molecule has 2 N–H and O–H groups in total. The molecule has 7 nitrogen and oxygen atoms in total. The van der Waals surface area contributed by atoms with E-state index in [1.165, 1.54) is 0 Å². The lowest BCUT2D eigenvalue weighted by Gasteiger charge is -2.35. The van der Waals surface area contributed by atoms with Gasteiger partial charge in [0.1, 0.15) is 6.10 Å². The largest absolute Gasteiger partial charge is 0.373 e. The molecule has 2 fully saturated rings. The summed E-state index contributed by atoms with van der Waals surface area (Å²) in [6.45, 7) is 4.42. The average molecular weight is 299 g/mol. The predicted octanol–water partition coefficient (Wildman–Crippen LogP) is -0.802. The molecule has 2 rings (SSSR count). The highest BCUT2D eigenvalue weighted by atomic mass is 16.5. The molecule has 0 bridgehead atoms. The van der Waals surface area contributed by atoms with Crippen LogP contribution >= 0.6 is 0 Å². The number of likely N-dealkylation sites (N-methyl/N-ethyl adjacent to an activating group) is 1. The third-order valence-corrected chi connectivity index (χ3v) is 3.90. The Morgan fingerprint density at radius 2 is 2.14 bits per heavy atom. The third kappa shape index (κ3) is 4.66. The number of amides is 2. The summed E-state index contributed by atoms with van der Waals surface area (Å²) in [4.78, 5) is 26.9. The van der Waals surface area contributed by atoms with E-state index in [-0.39, 0.29) is 36.7 Å². The van der Waals surface area contributed by atoms with Gasteiger partial charge in [-0.2, -0.15) is 0 Å². The number of carbonyl (C=O) groups excluding carboxylic acids is 2. The van der Waals surface area contributed by atoms with Gasteiger partial charge in [-0.25, -0.2) is 0 Å². The van der Waals surface area contributed by atoms with Gasteiger partial charge in [0.15, 0.2) is 0 Å². The van der Waals surface area contributed by atoms with Crippen molar-refractivity contribution < 1.29 is 19.1 Å². The quantitative estimate of drug-likeness (QED) is 0.718. The summed E-state index contributed by atoms with van der Waals surface area (Å²) >= 11 is 0. The van der Waals surface area contributed by atoms with Crippen LogP contribution in [0.15, 0.2) is 0 Å². The average Bonchev–Trinajstić information content (AvgIpc) is 2.84. The number of nitrogens with two attached hydrogens (primary N) is 1. The molecule has 7 heteroatoms. The highest BCUT2D eigenvalue weighted by Crippen LogP contribution is 2.21. The van der Waals surface area contributed by atoms with Crippen molar-refractivity contribution in [2.45, 2.75) is 38.1 Å². The van der Waals surface area contributed by atoms with Gasteiger partial charge in [-0.3, -0.25) is 14.5 Å². The maximum Gasteiger partial charge on any atom is 0.251 e. The summed E-state index contributed by atoms with van der Waals surface area (Å²) in [6.07, 6.45) is 1.50. The van der Waals surface area contributed by atoms with Crippen LogP contribution in [-0.4, -0.2) is 79.8 Å². The first kappa shape index (κ1) is 16.2. The maximum absolute atomic E-state index is 12.4. The van der Waals surface area contributed by atoms with Crippen molar-refractivity contribution in [3.05, 3.63) is 0 Å². The Morgan fingerprint density at radius 1 is 1.38 bits per heavy atom. The van der Waals surface area contributed by atoms with E-state index >= 15 is 0 Å². The normalized spacial score (nSPS) is 29.9. The number of morpholine rings is 1. The topological polar surface area (TPSA) is 85.1 Å². The van der Waals surface area contributed by atoms with Crippen molar-refractivity contribution in [1.29, 1.82) is 0 Å². The lowest BCUT2D eigenvalue weighted by atomic mass is 10.1. The lowest BCUT2D eigenvalue weighted by Crippen LogP contribution is -2.52. The van der Waals surface area contributed by atoms with E-state index in [0.29, 0.717) is 26.2 Å². The molecule has 0 aliphatic carbocycles. The maximum atomic E-state index is 12.4. The van der Waals surface area contributed by atoms with Crippen LogP contribution in [0.4, 0.5) is 0 Å². The van der Waals surface area contributed by atoms with E-state index < -0.39 is 0 Å². The third-order valence-electron chi connectivity index (χ3n) is 3.90. The van der Waals surface area contributed by atoms with Gasteiger partial charge < -0.3 is 20.1 Å². The van der Waals surface area contributed by atoms with Crippen LogP contribution in [0.1, 0.15) is 19.8 Å². The molecule has 0 aromatic carbocycles. The van der Waals surface area contributed by atoms with Crippen molar-refractivity contribution in [2.75, 3.05) is 39.8 Å². The van der Waals surface area contributed by atoms with Crippen molar-refractivity contribution in [3.63, 3.8) is 0 Å². The molecule has 2 saturated heterocycles. The molecule has 0 radical (unpaired) electrons. The number of ether oxygens (including phenoxy) is 2. The van der Waals surface area contributed by atoms with Crippen LogP contribution in [0.25, 0.3) is 0 Å². The molecule has 2 aliphatic heterocycles. The number of carbonyl (C=O) groups is 2. The first-order valence-corrected chi connectivity index (χ1v) is 7.48. The summed E-state index contributed by atoms with van der Waals surface area (Å²) in [5.41, 5.74) is 5.17.